The third kappa shape index (κ3) is 7.12. The van der Waals surface area contributed by atoms with Crippen LogP contribution in [0.3, 0.4) is 0 Å². The van der Waals surface area contributed by atoms with Crippen LogP contribution in [0.1, 0.15) is 31.7 Å². The van der Waals surface area contributed by atoms with E-state index in [1.807, 2.05) is 6.07 Å². The molecule has 1 aliphatic rings. The van der Waals surface area contributed by atoms with E-state index in [0.717, 1.165) is 37.0 Å². The van der Waals surface area contributed by atoms with Crippen molar-refractivity contribution in [2.75, 3.05) is 40.3 Å². The molecule has 7 nitrogen and oxygen atoms in total. The van der Waals surface area contributed by atoms with Crippen molar-refractivity contribution >= 4 is 16.0 Å². The van der Waals surface area contributed by atoms with E-state index in [9.17, 15) is 8.42 Å². The zero-order valence-electron chi connectivity index (χ0n) is 16.7. The molecule has 1 aromatic rings. The highest BCUT2D eigenvalue weighted by Crippen LogP contribution is 2.15. The molecule has 1 saturated heterocycles. The second kappa shape index (κ2) is 10.6. The standard InChI is InChI=1S/C19H33N5O2S/c1-16-8-12-24(13-9-16)11-5-10-22-19(20-2)23-15-17-6-4-7-18(14-17)27(25,26)21-3/h4,6-7,14,16,21H,5,8-13,15H2,1-3H3,(H2,20,22,23). The number of hydrogen-bond donors (Lipinski definition) is 3. The zero-order valence-corrected chi connectivity index (χ0v) is 17.5. The Kier molecular flexibility index (Phi) is 8.53. The molecule has 152 valence electrons. The van der Waals surface area contributed by atoms with Crippen molar-refractivity contribution in [1.82, 2.24) is 20.3 Å². The number of hydrogen-bond acceptors (Lipinski definition) is 4. The van der Waals surface area contributed by atoms with Gasteiger partial charge in [-0.25, -0.2) is 13.1 Å². The number of guanidine groups is 1. The molecule has 1 heterocycles. The molecule has 0 amide bonds. The fourth-order valence-corrected chi connectivity index (χ4v) is 3.94. The van der Waals surface area contributed by atoms with E-state index in [4.69, 9.17) is 0 Å². The van der Waals surface area contributed by atoms with E-state index in [2.05, 4.69) is 32.2 Å². The third-order valence-electron chi connectivity index (χ3n) is 4.98. The van der Waals surface area contributed by atoms with Crippen LogP contribution in [0, 0.1) is 5.92 Å². The lowest BCUT2D eigenvalue weighted by Gasteiger charge is -2.30. The van der Waals surface area contributed by atoms with Crippen molar-refractivity contribution in [3.63, 3.8) is 0 Å². The SMILES string of the molecule is CN=C(NCCCN1CCC(C)CC1)NCc1cccc(S(=O)(=O)NC)c1. The summed E-state index contributed by atoms with van der Waals surface area (Å²) in [4.78, 5) is 7.04. The minimum Gasteiger partial charge on any atom is -0.356 e. The van der Waals surface area contributed by atoms with Crippen LogP contribution in [0.4, 0.5) is 0 Å². The number of benzene rings is 1. The van der Waals surface area contributed by atoms with Crippen LogP contribution in [0.2, 0.25) is 0 Å². The number of nitrogens with one attached hydrogen (secondary N) is 3. The van der Waals surface area contributed by atoms with Gasteiger partial charge in [0, 0.05) is 20.1 Å². The van der Waals surface area contributed by atoms with E-state index < -0.39 is 10.0 Å². The van der Waals surface area contributed by atoms with Crippen LogP contribution in [0.5, 0.6) is 0 Å². The third-order valence-corrected chi connectivity index (χ3v) is 6.39. The van der Waals surface area contributed by atoms with Crippen molar-refractivity contribution < 1.29 is 8.42 Å². The Morgan fingerprint density at radius 2 is 2.00 bits per heavy atom. The van der Waals surface area contributed by atoms with Crippen LogP contribution in [0.15, 0.2) is 34.2 Å². The number of rotatable bonds is 8. The monoisotopic (exact) mass is 395 g/mol. The molecule has 0 unspecified atom stereocenters. The van der Waals surface area contributed by atoms with Crippen LogP contribution < -0.4 is 15.4 Å². The maximum absolute atomic E-state index is 11.9. The number of likely N-dealkylation sites (tertiary alicyclic amines) is 1. The number of piperidine rings is 1. The Labute approximate surface area is 163 Å². The summed E-state index contributed by atoms with van der Waals surface area (Å²) in [6.45, 7) is 7.23. The molecule has 0 radical (unpaired) electrons. The smallest absolute Gasteiger partial charge is 0.240 e. The molecule has 0 saturated carbocycles. The van der Waals surface area contributed by atoms with Crippen LogP contribution in [-0.2, 0) is 16.6 Å². The zero-order chi connectivity index (χ0) is 19.7. The Morgan fingerprint density at radius 1 is 1.26 bits per heavy atom. The second-order valence-electron chi connectivity index (χ2n) is 7.09. The molecule has 8 heteroatoms. The minimum atomic E-state index is -3.42. The maximum atomic E-state index is 11.9. The molecule has 2 rings (SSSR count). The Bertz CT molecular complexity index is 713. The van der Waals surface area contributed by atoms with Crippen molar-refractivity contribution in [3.05, 3.63) is 29.8 Å². The van der Waals surface area contributed by atoms with Crippen molar-refractivity contribution in [3.8, 4) is 0 Å². The summed E-state index contributed by atoms with van der Waals surface area (Å²) in [6.07, 6.45) is 3.68. The number of sulfonamides is 1. The largest absolute Gasteiger partial charge is 0.356 e. The van der Waals surface area contributed by atoms with Crippen molar-refractivity contribution in [2.24, 2.45) is 10.9 Å². The fraction of sp³-hybridized carbons (Fsp3) is 0.632. The van der Waals surface area contributed by atoms with E-state index in [-0.39, 0.29) is 4.90 Å². The first-order valence-corrected chi connectivity index (χ1v) is 11.1. The highest BCUT2D eigenvalue weighted by Gasteiger charge is 2.15. The van der Waals surface area contributed by atoms with Crippen molar-refractivity contribution in [1.29, 1.82) is 0 Å². The van der Waals surface area contributed by atoms with Gasteiger partial charge < -0.3 is 15.5 Å². The maximum Gasteiger partial charge on any atom is 0.240 e. The molecule has 1 aromatic carbocycles. The normalized spacial score (nSPS) is 17.1. The number of aliphatic imine (C=N–C) groups is 1. The summed E-state index contributed by atoms with van der Waals surface area (Å²) in [7, 11) is -0.272. The Hall–Kier alpha value is -1.64. The van der Waals surface area contributed by atoms with Gasteiger partial charge in [0.1, 0.15) is 0 Å². The van der Waals surface area contributed by atoms with Gasteiger partial charge in [0.25, 0.3) is 0 Å². The van der Waals surface area contributed by atoms with E-state index in [1.165, 1.54) is 33.0 Å². The van der Waals surface area contributed by atoms with Gasteiger partial charge in [-0.05, 0) is 69.6 Å². The Morgan fingerprint density at radius 3 is 2.67 bits per heavy atom. The van der Waals surface area contributed by atoms with Crippen LogP contribution >= 0.6 is 0 Å². The first kappa shape index (κ1) is 21.7. The van der Waals surface area contributed by atoms with Crippen LogP contribution in [-0.4, -0.2) is 59.6 Å². The minimum absolute atomic E-state index is 0.267. The predicted octanol–water partition coefficient (Wildman–Crippen LogP) is 1.38. The molecular formula is C19H33N5O2S. The molecule has 0 spiro atoms. The average Bonchev–Trinajstić information content (AvgIpc) is 2.69. The Balaban J connectivity index is 1.73. The summed E-state index contributed by atoms with van der Waals surface area (Å²) in [6, 6.07) is 6.90. The first-order valence-electron chi connectivity index (χ1n) is 9.64. The summed E-state index contributed by atoms with van der Waals surface area (Å²) in [5, 5.41) is 6.56. The number of nitrogens with zero attached hydrogens (tertiary/aromatic N) is 2. The highest BCUT2D eigenvalue weighted by atomic mass is 32.2. The molecule has 1 aliphatic heterocycles. The molecule has 1 fully saturated rings. The molecule has 0 aromatic heterocycles. The molecular weight excluding hydrogens is 362 g/mol. The molecule has 0 bridgehead atoms. The summed E-state index contributed by atoms with van der Waals surface area (Å²) < 4.78 is 26.1. The van der Waals surface area contributed by atoms with Gasteiger partial charge in [-0.2, -0.15) is 0 Å². The second-order valence-corrected chi connectivity index (χ2v) is 8.97. The van der Waals surface area contributed by atoms with Gasteiger partial charge in [-0.1, -0.05) is 19.1 Å². The molecule has 27 heavy (non-hydrogen) atoms. The molecule has 3 N–H and O–H groups in total. The fourth-order valence-electron chi connectivity index (χ4n) is 3.14. The predicted molar refractivity (Wildman–Crippen MR) is 110 cm³/mol. The van der Waals surface area contributed by atoms with Gasteiger partial charge in [0.05, 0.1) is 4.90 Å². The lowest BCUT2D eigenvalue weighted by molar-refractivity contribution is 0.191. The van der Waals surface area contributed by atoms with E-state index >= 15 is 0 Å². The highest BCUT2D eigenvalue weighted by molar-refractivity contribution is 7.89. The van der Waals surface area contributed by atoms with Crippen LogP contribution in [0.25, 0.3) is 0 Å². The molecule has 0 atom stereocenters. The molecule has 0 aliphatic carbocycles. The summed E-state index contributed by atoms with van der Waals surface area (Å²) in [5.74, 6) is 1.59. The quantitative estimate of drug-likeness (QED) is 0.352. The van der Waals surface area contributed by atoms with Gasteiger partial charge in [-0.15, -0.1) is 0 Å². The topological polar surface area (TPSA) is 85.8 Å². The lowest BCUT2D eigenvalue weighted by Crippen LogP contribution is -2.39. The van der Waals surface area contributed by atoms with Gasteiger partial charge >= 0.3 is 0 Å². The summed E-state index contributed by atoms with van der Waals surface area (Å²) >= 11 is 0. The van der Waals surface area contributed by atoms with Crippen molar-refractivity contribution in [2.45, 2.75) is 37.6 Å². The lowest BCUT2D eigenvalue weighted by atomic mass is 9.99. The first-order chi connectivity index (χ1) is 12.9. The van der Waals surface area contributed by atoms with E-state index in [0.29, 0.717) is 6.54 Å². The van der Waals surface area contributed by atoms with Gasteiger partial charge in [-0.3, -0.25) is 4.99 Å². The average molecular weight is 396 g/mol. The summed E-state index contributed by atoms with van der Waals surface area (Å²) in [5.41, 5.74) is 0.886. The van der Waals surface area contributed by atoms with E-state index in [1.54, 1.807) is 25.2 Å². The van der Waals surface area contributed by atoms with Gasteiger partial charge in [0.2, 0.25) is 10.0 Å². The van der Waals surface area contributed by atoms with Gasteiger partial charge in [0.15, 0.2) is 5.96 Å².